The van der Waals surface area contributed by atoms with Crippen LogP contribution in [0.25, 0.3) is 0 Å². The molecule has 0 aliphatic heterocycles. The van der Waals surface area contributed by atoms with E-state index in [0.717, 1.165) is 6.07 Å². The third kappa shape index (κ3) is 2.66. The summed E-state index contributed by atoms with van der Waals surface area (Å²) < 4.78 is 45.3. The van der Waals surface area contributed by atoms with Gasteiger partial charge in [0.15, 0.2) is 11.6 Å². The topological polar surface area (TPSA) is 35.2 Å². The molecule has 0 heterocycles. The summed E-state index contributed by atoms with van der Waals surface area (Å²) in [7, 11) is 1.42. The van der Waals surface area contributed by atoms with Gasteiger partial charge in [0.25, 0.3) is 0 Å². The van der Waals surface area contributed by atoms with E-state index in [2.05, 4.69) is 15.9 Å². The molecule has 0 bridgehead atoms. The van der Waals surface area contributed by atoms with Crippen molar-refractivity contribution in [2.24, 2.45) is 5.73 Å². The normalized spacial score (nSPS) is 12.3. The van der Waals surface area contributed by atoms with Crippen LogP contribution in [0.2, 0.25) is 0 Å². The van der Waals surface area contributed by atoms with Crippen LogP contribution < -0.4 is 10.5 Å². The van der Waals surface area contributed by atoms with Crippen molar-refractivity contribution in [2.75, 3.05) is 7.11 Å². The molecule has 2 aromatic carbocycles. The second kappa shape index (κ2) is 5.85. The lowest BCUT2D eigenvalue weighted by Gasteiger charge is -2.16. The predicted molar refractivity (Wildman–Crippen MR) is 73.0 cm³/mol. The fourth-order valence-electron chi connectivity index (χ4n) is 1.84. The Morgan fingerprint density at radius 2 is 1.70 bits per heavy atom. The van der Waals surface area contributed by atoms with Crippen LogP contribution in [0.3, 0.4) is 0 Å². The molecule has 0 aromatic heterocycles. The summed E-state index contributed by atoms with van der Waals surface area (Å²) in [4.78, 5) is 0. The Balaban J connectivity index is 2.46. The molecule has 0 radical (unpaired) electrons. The molecule has 0 fully saturated rings. The van der Waals surface area contributed by atoms with Crippen molar-refractivity contribution < 1.29 is 17.9 Å². The van der Waals surface area contributed by atoms with Gasteiger partial charge in [-0.05, 0) is 33.6 Å². The lowest BCUT2D eigenvalue weighted by atomic mass is 9.99. The number of nitrogens with two attached hydrogens (primary N) is 1. The molecule has 0 spiro atoms. The maximum Gasteiger partial charge on any atom is 0.173 e. The van der Waals surface area contributed by atoms with Crippen molar-refractivity contribution in [2.45, 2.75) is 6.04 Å². The molecule has 1 atom stereocenters. The number of benzene rings is 2. The van der Waals surface area contributed by atoms with Crippen LogP contribution in [0.1, 0.15) is 17.2 Å². The van der Waals surface area contributed by atoms with E-state index < -0.39 is 23.5 Å². The minimum Gasteiger partial charge on any atom is -0.497 e. The first kappa shape index (κ1) is 14.9. The van der Waals surface area contributed by atoms with Crippen LogP contribution in [-0.2, 0) is 0 Å². The zero-order valence-corrected chi connectivity index (χ0v) is 12.0. The molecule has 0 amide bonds. The van der Waals surface area contributed by atoms with E-state index in [1.807, 2.05) is 0 Å². The first-order valence-electron chi connectivity index (χ1n) is 5.68. The highest BCUT2D eigenvalue weighted by molar-refractivity contribution is 9.10. The van der Waals surface area contributed by atoms with Gasteiger partial charge in [0.05, 0.1) is 17.6 Å². The number of halogens is 4. The molecule has 0 saturated carbocycles. The molecule has 1 unspecified atom stereocenters. The van der Waals surface area contributed by atoms with E-state index in [0.29, 0.717) is 5.75 Å². The highest BCUT2D eigenvalue weighted by Gasteiger charge is 2.20. The van der Waals surface area contributed by atoms with E-state index in [4.69, 9.17) is 10.5 Å². The molecule has 0 saturated heterocycles. The minimum atomic E-state index is -1.05. The summed E-state index contributed by atoms with van der Waals surface area (Å²) in [5.41, 5.74) is 6.35. The molecular formula is C14H11BrF3NO. The number of methoxy groups -OCH3 is 1. The van der Waals surface area contributed by atoms with Gasteiger partial charge in [-0.3, -0.25) is 0 Å². The maximum absolute atomic E-state index is 13.9. The summed E-state index contributed by atoms with van der Waals surface area (Å²) in [5.74, 6) is -2.27. The molecule has 0 aliphatic rings. The summed E-state index contributed by atoms with van der Waals surface area (Å²) in [6.45, 7) is 0. The van der Waals surface area contributed by atoms with Crippen molar-refractivity contribution in [1.82, 2.24) is 0 Å². The van der Waals surface area contributed by atoms with Gasteiger partial charge < -0.3 is 10.5 Å². The number of hydrogen-bond donors (Lipinski definition) is 1. The van der Waals surface area contributed by atoms with Crippen LogP contribution in [0.4, 0.5) is 13.2 Å². The van der Waals surface area contributed by atoms with Gasteiger partial charge in [-0.25, -0.2) is 13.2 Å². The van der Waals surface area contributed by atoms with Gasteiger partial charge in [0.2, 0.25) is 0 Å². The van der Waals surface area contributed by atoms with Gasteiger partial charge >= 0.3 is 0 Å². The highest BCUT2D eigenvalue weighted by Crippen LogP contribution is 2.32. The molecule has 20 heavy (non-hydrogen) atoms. The smallest absolute Gasteiger partial charge is 0.173 e. The van der Waals surface area contributed by atoms with Crippen molar-refractivity contribution in [3.63, 3.8) is 0 Å². The minimum absolute atomic E-state index is 0.111. The lowest BCUT2D eigenvalue weighted by Crippen LogP contribution is -2.15. The Morgan fingerprint density at radius 1 is 1.05 bits per heavy atom. The second-order valence-electron chi connectivity index (χ2n) is 4.13. The van der Waals surface area contributed by atoms with E-state index in [-0.39, 0.29) is 15.6 Å². The zero-order valence-electron chi connectivity index (χ0n) is 10.5. The standard InChI is InChI=1S/C14H11BrF3NO/c1-20-7-2-3-8(11(17)6-7)14(19)9-4-5-10(16)13(18)12(9)15/h2-6,14H,19H2,1H3. The van der Waals surface area contributed by atoms with Crippen molar-refractivity contribution in [3.8, 4) is 5.75 Å². The van der Waals surface area contributed by atoms with Crippen LogP contribution in [0, 0.1) is 17.5 Å². The Bertz CT molecular complexity index is 649. The fraction of sp³-hybridized carbons (Fsp3) is 0.143. The van der Waals surface area contributed by atoms with Gasteiger partial charge in [0, 0.05) is 11.6 Å². The highest BCUT2D eigenvalue weighted by atomic mass is 79.9. The molecule has 106 valence electrons. The zero-order chi connectivity index (χ0) is 14.9. The van der Waals surface area contributed by atoms with Gasteiger partial charge in [-0.1, -0.05) is 12.1 Å². The Kier molecular flexibility index (Phi) is 4.35. The van der Waals surface area contributed by atoms with Crippen molar-refractivity contribution in [1.29, 1.82) is 0 Å². The SMILES string of the molecule is COc1ccc(C(N)c2ccc(F)c(F)c2Br)c(F)c1. The monoisotopic (exact) mass is 345 g/mol. The maximum atomic E-state index is 13.9. The lowest BCUT2D eigenvalue weighted by molar-refractivity contribution is 0.410. The third-order valence-corrected chi connectivity index (χ3v) is 3.75. The number of rotatable bonds is 3. The van der Waals surface area contributed by atoms with Crippen LogP contribution in [-0.4, -0.2) is 7.11 Å². The van der Waals surface area contributed by atoms with Gasteiger partial charge in [-0.15, -0.1) is 0 Å². The van der Waals surface area contributed by atoms with E-state index in [1.165, 1.54) is 25.3 Å². The first-order valence-corrected chi connectivity index (χ1v) is 6.47. The summed E-state index contributed by atoms with van der Waals surface area (Å²) in [6.07, 6.45) is 0. The second-order valence-corrected chi connectivity index (χ2v) is 4.92. The fourth-order valence-corrected chi connectivity index (χ4v) is 2.40. The molecule has 2 rings (SSSR count). The quantitative estimate of drug-likeness (QED) is 0.855. The van der Waals surface area contributed by atoms with Crippen LogP contribution in [0.15, 0.2) is 34.8 Å². The largest absolute Gasteiger partial charge is 0.497 e. The van der Waals surface area contributed by atoms with E-state index >= 15 is 0 Å². The van der Waals surface area contributed by atoms with Gasteiger partial charge in [-0.2, -0.15) is 0 Å². The predicted octanol–water partition coefficient (Wildman–Crippen LogP) is 3.92. The van der Waals surface area contributed by atoms with Crippen molar-refractivity contribution in [3.05, 3.63) is 63.4 Å². The Hall–Kier alpha value is -1.53. The number of ether oxygens (including phenoxy) is 1. The van der Waals surface area contributed by atoms with Crippen LogP contribution in [0.5, 0.6) is 5.75 Å². The summed E-state index contributed by atoms with van der Waals surface area (Å²) >= 11 is 2.94. The Labute approximate surface area is 122 Å². The van der Waals surface area contributed by atoms with Crippen molar-refractivity contribution >= 4 is 15.9 Å². The molecule has 2 N–H and O–H groups in total. The Morgan fingerprint density at radius 3 is 2.30 bits per heavy atom. The molecule has 2 aromatic rings. The van der Waals surface area contributed by atoms with Gasteiger partial charge in [0.1, 0.15) is 11.6 Å². The first-order chi connectivity index (χ1) is 9.45. The van der Waals surface area contributed by atoms with E-state index in [1.54, 1.807) is 6.07 Å². The average molecular weight is 346 g/mol. The van der Waals surface area contributed by atoms with Crippen LogP contribution >= 0.6 is 15.9 Å². The number of hydrogen-bond acceptors (Lipinski definition) is 2. The molecular weight excluding hydrogens is 335 g/mol. The van der Waals surface area contributed by atoms with E-state index in [9.17, 15) is 13.2 Å². The molecule has 2 nitrogen and oxygen atoms in total. The molecule has 6 heteroatoms. The molecule has 0 aliphatic carbocycles. The average Bonchev–Trinajstić information content (AvgIpc) is 2.44. The summed E-state index contributed by atoms with van der Waals surface area (Å²) in [5, 5.41) is 0. The third-order valence-electron chi connectivity index (χ3n) is 2.94. The summed E-state index contributed by atoms with van der Waals surface area (Å²) in [6, 6.07) is 5.53.